The molecule has 2 aromatic rings. The molecule has 0 bridgehead atoms. The van der Waals surface area contributed by atoms with E-state index >= 15 is 0 Å². The molecule has 3 nitrogen and oxygen atoms in total. The van der Waals surface area contributed by atoms with Crippen LogP contribution in [0.25, 0.3) is 11.1 Å². The van der Waals surface area contributed by atoms with Crippen molar-refractivity contribution >= 4 is 12.4 Å². The normalized spacial score (nSPS) is 9.73. The molecule has 0 radical (unpaired) electrons. The first kappa shape index (κ1) is 11.8. The number of aromatic nitrogens is 2. The van der Waals surface area contributed by atoms with Crippen molar-refractivity contribution < 1.29 is 0 Å². The molecule has 80 valence electrons. The van der Waals surface area contributed by atoms with Crippen molar-refractivity contribution in [3.8, 4) is 11.1 Å². The highest BCUT2D eigenvalue weighted by atomic mass is 35.5. The molecule has 0 aliphatic carbocycles. The van der Waals surface area contributed by atoms with Gasteiger partial charge in [-0.1, -0.05) is 24.3 Å². The van der Waals surface area contributed by atoms with E-state index in [0.29, 0.717) is 6.54 Å². The first-order valence-corrected chi connectivity index (χ1v) is 4.58. The molecule has 2 rings (SSSR count). The Hall–Kier alpha value is -1.32. The molecule has 0 saturated heterocycles. The number of hydrogen-bond donors (Lipinski definition) is 1. The van der Waals surface area contributed by atoms with Crippen LogP contribution in [-0.2, 0) is 13.6 Å². The maximum atomic E-state index is 5.67. The van der Waals surface area contributed by atoms with E-state index in [0.717, 1.165) is 11.1 Å². The molecule has 1 heterocycles. The second-order valence-corrected chi connectivity index (χ2v) is 3.26. The van der Waals surface area contributed by atoms with Gasteiger partial charge in [0.1, 0.15) is 0 Å². The smallest absolute Gasteiger partial charge is 0.0568 e. The van der Waals surface area contributed by atoms with Crippen LogP contribution in [0.3, 0.4) is 0 Å². The van der Waals surface area contributed by atoms with E-state index in [2.05, 4.69) is 11.2 Å². The van der Waals surface area contributed by atoms with Gasteiger partial charge >= 0.3 is 0 Å². The first-order valence-electron chi connectivity index (χ1n) is 4.58. The number of benzene rings is 1. The van der Waals surface area contributed by atoms with Crippen LogP contribution in [-0.4, -0.2) is 9.78 Å². The van der Waals surface area contributed by atoms with Gasteiger partial charge in [-0.25, -0.2) is 0 Å². The lowest BCUT2D eigenvalue weighted by molar-refractivity contribution is 0.768. The topological polar surface area (TPSA) is 43.8 Å². The van der Waals surface area contributed by atoms with E-state index < -0.39 is 0 Å². The molecule has 0 saturated carbocycles. The minimum atomic E-state index is 0. The van der Waals surface area contributed by atoms with Crippen LogP contribution in [0.1, 0.15) is 5.56 Å². The van der Waals surface area contributed by atoms with Crippen molar-refractivity contribution in [2.24, 2.45) is 12.8 Å². The van der Waals surface area contributed by atoms with Gasteiger partial charge in [0.2, 0.25) is 0 Å². The maximum absolute atomic E-state index is 5.67. The minimum absolute atomic E-state index is 0. The van der Waals surface area contributed by atoms with Crippen molar-refractivity contribution in [2.75, 3.05) is 0 Å². The molecule has 15 heavy (non-hydrogen) atoms. The number of halogens is 1. The molecule has 0 fully saturated rings. The fourth-order valence-electron chi connectivity index (χ4n) is 1.54. The molecule has 0 aliphatic heterocycles. The number of aryl methyl sites for hydroxylation is 1. The van der Waals surface area contributed by atoms with Crippen LogP contribution in [0.4, 0.5) is 0 Å². The summed E-state index contributed by atoms with van der Waals surface area (Å²) in [6.07, 6.45) is 3.85. The third kappa shape index (κ3) is 2.37. The highest BCUT2D eigenvalue weighted by molar-refractivity contribution is 5.85. The fourth-order valence-corrected chi connectivity index (χ4v) is 1.54. The van der Waals surface area contributed by atoms with Gasteiger partial charge in [0.05, 0.1) is 6.20 Å². The third-order valence-corrected chi connectivity index (χ3v) is 2.25. The quantitative estimate of drug-likeness (QED) is 0.846. The summed E-state index contributed by atoms with van der Waals surface area (Å²) >= 11 is 0. The largest absolute Gasteiger partial charge is 0.326 e. The van der Waals surface area contributed by atoms with Gasteiger partial charge < -0.3 is 5.73 Å². The zero-order valence-electron chi connectivity index (χ0n) is 8.55. The second kappa shape index (κ2) is 4.96. The van der Waals surface area contributed by atoms with Crippen molar-refractivity contribution in [2.45, 2.75) is 6.54 Å². The van der Waals surface area contributed by atoms with E-state index in [1.165, 1.54) is 5.56 Å². The van der Waals surface area contributed by atoms with Gasteiger partial charge in [-0.2, -0.15) is 5.10 Å². The molecule has 4 heteroatoms. The number of nitrogens with zero attached hydrogens (tertiary/aromatic N) is 2. The van der Waals surface area contributed by atoms with Gasteiger partial charge in [0.15, 0.2) is 0 Å². The van der Waals surface area contributed by atoms with Crippen molar-refractivity contribution in [1.82, 2.24) is 9.78 Å². The van der Waals surface area contributed by atoms with Crippen LogP contribution in [0.5, 0.6) is 0 Å². The zero-order valence-corrected chi connectivity index (χ0v) is 9.37. The van der Waals surface area contributed by atoms with E-state index in [4.69, 9.17) is 5.73 Å². The summed E-state index contributed by atoms with van der Waals surface area (Å²) < 4.78 is 1.79. The summed E-state index contributed by atoms with van der Waals surface area (Å²) in [4.78, 5) is 0. The Kier molecular flexibility index (Phi) is 3.88. The molecule has 0 unspecified atom stereocenters. The molecule has 0 spiro atoms. The maximum Gasteiger partial charge on any atom is 0.0568 e. The standard InChI is InChI=1S/C11H13N3.ClH/c1-14-8-10(7-13-14)11-5-3-2-4-9(11)6-12;/h2-5,7-8H,6,12H2,1H3;1H. The lowest BCUT2D eigenvalue weighted by Crippen LogP contribution is -1.98. The third-order valence-electron chi connectivity index (χ3n) is 2.25. The number of nitrogens with two attached hydrogens (primary N) is 1. The number of rotatable bonds is 2. The van der Waals surface area contributed by atoms with Gasteiger partial charge in [0, 0.05) is 25.4 Å². The van der Waals surface area contributed by atoms with E-state index in [1.807, 2.05) is 37.6 Å². The Labute approximate surface area is 95.3 Å². The lowest BCUT2D eigenvalue weighted by Gasteiger charge is -2.03. The van der Waals surface area contributed by atoms with Gasteiger partial charge in [0.25, 0.3) is 0 Å². The first-order chi connectivity index (χ1) is 6.81. The molecule has 1 aromatic carbocycles. The predicted molar refractivity (Wildman–Crippen MR) is 63.8 cm³/mol. The minimum Gasteiger partial charge on any atom is -0.326 e. The average molecular weight is 224 g/mol. The summed E-state index contributed by atoms with van der Waals surface area (Å²) in [5.74, 6) is 0. The second-order valence-electron chi connectivity index (χ2n) is 3.26. The molecule has 2 N–H and O–H groups in total. The van der Waals surface area contributed by atoms with Gasteiger partial charge in [-0.3, -0.25) is 4.68 Å². The van der Waals surface area contributed by atoms with Crippen molar-refractivity contribution in [1.29, 1.82) is 0 Å². The van der Waals surface area contributed by atoms with Crippen LogP contribution in [0.2, 0.25) is 0 Å². The van der Waals surface area contributed by atoms with Crippen LogP contribution < -0.4 is 5.73 Å². The van der Waals surface area contributed by atoms with E-state index in [1.54, 1.807) is 4.68 Å². The monoisotopic (exact) mass is 223 g/mol. The zero-order chi connectivity index (χ0) is 9.97. The lowest BCUT2D eigenvalue weighted by atomic mass is 10.0. The molecular formula is C11H14ClN3. The Morgan fingerprint density at radius 2 is 2.07 bits per heavy atom. The molecule has 0 atom stereocenters. The van der Waals surface area contributed by atoms with Gasteiger partial charge in [-0.15, -0.1) is 12.4 Å². The summed E-state index contributed by atoms with van der Waals surface area (Å²) in [6.45, 7) is 0.561. The summed E-state index contributed by atoms with van der Waals surface area (Å²) in [7, 11) is 1.91. The Bertz CT molecular complexity index is 437. The van der Waals surface area contributed by atoms with Crippen LogP contribution >= 0.6 is 12.4 Å². The van der Waals surface area contributed by atoms with Gasteiger partial charge in [-0.05, 0) is 11.1 Å². The van der Waals surface area contributed by atoms with Crippen molar-refractivity contribution in [3.05, 3.63) is 42.2 Å². The Balaban J connectivity index is 0.00000112. The Morgan fingerprint density at radius 3 is 2.67 bits per heavy atom. The van der Waals surface area contributed by atoms with E-state index in [-0.39, 0.29) is 12.4 Å². The predicted octanol–water partition coefficient (Wildman–Crippen LogP) is 1.97. The fraction of sp³-hybridized carbons (Fsp3) is 0.182. The SMILES string of the molecule is Cl.Cn1cc(-c2ccccc2CN)cn1. The van der Waals surface area contributed by atoms with E-state index in [9.17, 15) is 0 Å². The molecule has 0 aliphatic rings. The highest BCUT2D eigenvalue weighted by Crippen LogP contribution is 2.22. The Morgan fingerprint density at radius 1 is 1.33 bits per heavy atom. The van der Waals surface area contributed by atoms with Crippen molar-refractivity contribution in [3.63, 3.8) is 0 Å². The highest BCUT2D eigenvalue weighted by Gasteiger charge is 2.03. The van der Waals surface area contributed by atoms with Crippen LogP contribution in [0, 0.1) is 0 Å². The van der Waals surface area contributed by atoms with Crippen LogP contribution in [0.15, 0.2) is 36.7 Å². The molecular weight excluding hydrogens is 210 g/mol. The summed E-state index contributed by atoms with van der Waals surface area (Å²) in [5, 5.41) is 4.14. The average Bonchev–Trinajstić information content (AvgIpc) is 2.65. The summed E-state index contributed by atoms with van der Waals surface area (Å²) in [6, 6.07) is 8.13. The summed E-state index contributed by atoms with van der Waals surface area (Å²) in [5.41, 5.74) is 9.11. The molecule has 0 amide bonds. The molecule has 1 aromatic heterocycles. The number of hydrogen-bond acceptors (Lipinski definition) is 2.